The van der Waals surface area contributed by atoms with Gasteiger partial charge in [-0.3, -0.25) is 25.0 Å². The lowest BCUT2D eigenvalue weighted by Crippen LogP contribution is -2.30. The summed E-state index contributed by atoms with van der Waals surface area (Å²) in [6.07, 6.45) is 0. The Kier molecular flexibility index (Phi) is 4.60. The number of hydrogen-bond donors (Lipinski definition) is 2. The number of nitrogen functional groups attached to an aromatic ring is 1. The summed E-state index contributed by atoms with van der Waals surface area (Å²) in [5.74, 6) is 5.25. The van der Waals surface area contributed by atoms with Crippen molar-refractivity contribution < 1.29 is 14.5 Å². The molecule has 0 unspecified atom stereocenters. The van der Waals surface area contributed by atoms with Crippen LogP contribution in [0.5, 0.6) is 5.75 Å². The van der Waals surface area contributed by atoms with Gasteiger partial charge in [0.05, 0.1) is 18.6 Å². The molecule has 23 heavy (non-hydrogen) atoms. The third-order valence-electron chi connectivity index (χ3n) is 3.52. The standard InChI is InChI=1S/C14H17N5O4/c1-8-13(19(21)22)9(2)18(17-8)7-11-6-10(14(20)16-15)4-5-12(11)23-3/h4-6H,7,15H2,1-3H3,(H,16,20). The van der Waals surface area contributed by atoms with E-state index in [9.17, 15) is 14.9 Å². The molecule has 0 fully saturated rings. The van der Waals surface area contributed by atoms with Gasteiger partial charge >= 0.3 is 5.69 Å². The monoisotopic (exact) mass is 319 g/mol. The van der Waals surface area contributed by atoms with Crippen LogP contribution in [0.2, 0.25) is 0 Å². The SMILES string of the molecule is COc1ccc(C(=O)NN)cc1Cn1nc(C)c([N+](=O)[O-])c1C. The second kappa shape index (κ2) is 6.44. The quantitative estimate of drug-likeness (QED) is 0.367. The molecule has 0 aliphatic heterocycles. The molecule has 2 rings (SSSR count). The minimum atomic E-state index is -0.455. The molecule has 0 spiro atoms. The highest BCUT2D eigenvalue weighted by atomic mass is 16.6. The van der Waals surface area contributed by atoms with Gasteiger partial charge in [-0.1, -0.05) is 0 Å². The second-order valence-corrected chi connectivity index (χ2v) is 4.93. The molecule has 0 bridgehead atoms. The average molecular weight is 319 g/mol. The summed E-state index contributed by atoms with van der Waals surface area (Å²) in [6, 6.07) is 4.83. The minimum Gasteiger partial charge on any atom is -0.496 e. The van der Waals surface area contributed by atoms with Crippen molar-refractivity contribution in [1.82, 2.24) is 15.2 Å². The summed E-state index contributed by atoms with van der Waals surface area (Å²) in [6.45, 7) is 3.44. The maximum absolute atomic E-state index is 11.6. The lowest BCUT2D eigenvalue weighted by atomic mass is 10.1. The maximum atomic E-state index is 11.6. The highest BCUT2D eigenvalue weighted by molar-refractivity contribution is 5.94. The molecule has 1 amide bonds. The maximum Gasteiger partial charge on any atom is 0.312 e. The summed E-state index contributed by atoms with van der Waals surface area (Å²) in [5.41, 5.74) is 3.83. The van der Waals surface area contributed by atoms with E-state index >= 15 is 0 Å². The van der Waals surface area contributed by atoms with Gasteiger partial charge in [-0.25, -0.2) is 5.84 Å². The summed E-state index contributed by atoms with van der Waals surface area (Å²) in [4.78, 5) is 22.3. The number of carbonyl (C=O) groups is 1. The first-order chi connectivity index (χ1) is 10.9. The van der Waals surface area contributed by atoms with E-state index in [1.54, 1.807) is 32.0 Å². The van der Waals surface area contributed by atoms with Crippen LogP contribution in [-0.4, -0.2) is 27.7 Å². The number of carbonyl (C=O) groups excluding carboxylic acids is 1. The first kappa shape index (κ1) is 16.4. The topological polar surface area (TPSA) is 125 Å². The van der Waals surface area contributed by atoms with Crippen LogP contribution < -0.4 is 16.0 Å². The Morgan fingerprint density at radius 1 is 1.48 bits per heavy atom. The molecule has 3 N–H and O–H groups in total. The number of hydrogen-bond acceptors (Lipinski definition) is 6. The van der Waals surface area contributed by atoms with Crippen molar-refractivity contribution in [3.05, 3.63) is 50.8 Å². The fraction of sp³-hybridized carbons (Fsp3) is 0.286. The number of aryl methyl sites for hydroxylation is 1. The molecule has 2 aromatic rings. The zero-order valence-corrected chi connectivity index (χ0v) is 13.0. The Morgan fingerprint density at radius 2 is 2.17 bits per heavy atom. The van der Waals surface area contributed by atoms with E-state index in [0.717, 1.165) is 0 Å². The first-order valence-corrected chi connectivity index (χ1v) is 6.75. The molecule has 0 saturated carbocycles. The normalized spacial score (nSPS) is 10.4. The number of hydrazine groups is 1. The van der Waals surface area contributed by atoms with E-state index in [1.165, 1.54) is 11.8 Å². The van der Waals surface area contributed by atoms with E-state index in [4.69, 9.17) is 10.6 Å². The predicted molar refractivity (Wildman–Crippen MR) is 82.1 cm³/mol. The van der Waals surface area contributed by atoms with Crippen molar-refractivity contribution in [2.75, 3.05) is 7.11 Å². The Balaban J connectivity index is 2.45. The van der Waals surface area contributed by atoms with Gasteiger partial charge in [0.25, 0.3) is 5.91 Å². The Labute approximate surface area is 132 Å². The Hall–Kier alpha value is -2.94. The van der Waals surface area contributed by atoms with Crippen molar-refractivity contribution in [1.29, 1.82) is 0 Å². The second-order valence-electron chi connectivity index (χ2n) is 4.93. The van der Waals surface area contributed by atoms with Crippen molar-refractivity contribution in [3.8, 4) is 5.75 Å². The average Bonchev–Trinajstić information content (AvgIpc) is 2.80. The largest absolute Gasteiger partial charge is 0.496 e. The van der Waals surface area contributed by atoms with Crippen molar-refractivity contribution in [2.45, 2.75) is 20.4 Å². The van der Waals surface area contributed by atoms with Crippen LogP contribution in [0.4, 0.5) is 5.69 Å². The lowest BCUT2D eigenvalue weighted by molar-refractivity contribution is -0.386. The first-order valence-electron chi connectivity index (χ1n) is 6.75. The number of rotatable bonds is 5. The third-order valence-corrected chi connectivity index (χ3v) is 3.52. The lowest BCUT2D eigenvalue weighted by Gasteiger charge is -2.11. The number of ether oxygens (including phenoxy) is 1. The van der Waals surface area contributed by atoms with Gasteiger partial charge in [0.2, 0.25) is 0 Å². The molecular formula is C14H17N5O4. The molecule has 1 aromatic heterocycles. The van der Waals surface area contributed by atoms with Crippen LogP contribution in [-0.2, 0) is 6.54 Å². The number of amides is 1. The number of aromatic nitrogens is 2. The van der Waals surface area contributed by atoms with Crippen LogP contribution in [0.25, 0.3) is 0 Å². The molecule has 0 radical (unpaired) electrons. The molecule has 122 valence electrons. The van der Waals surface area contributed by atoms with Crippen LogP contribution in [0.15, 0.2) is 18.2 Å². The summed E-state index contributed by atoms with van der Waals surface area (Å²) >= 11 is 0. The number of nitrogens with zero attached hydrogens (tertiary/aromatic N) is 3. The van der Waals surface area contributed by atoms with E-state index in [0.29, 0.717) is 28.3 Å². The Bertz CT molecular complexity index is 769. The summed E-state index contributed by atoms with van der Waals surface area (Å²) in [5, 5.41) is 15.3. The highest BCUT2D eigenvalue weighted by Gasteiger charge is 2.22. The molecule has 0 aliphatic rings. The van der Waals surface area contributed by atoms with E-state index in [-0.39, 0.29) is 12.2 Å². The Morgan fingerprint density at radius 3 is 2.70 bits per heavy atom. The number of methoxy groups -OCH3 is 1. The van der Waals surface area contributed by atoms with Gasteiger partial charge in [-0.05, 0) is 32.0 Å². The molecule has 9 nitrogen and oxygen atoms in total. The number of nitrogens with one attached hydrogen (secondary N) is 1. The van der Waals surface area contributed by atoms with Crippen molar-refractivity contribution in [3.63, 3.8) is 0 Å². The van der Waals surface area contributed by atoms with Crippen molar-refractivity contribution >= 4 is 11.6 Å². The van der Waals surface area contributed by atoms with Gasteiger partial charge in [0, 0.05) is 11.1 Å². The van der Waals surface area contributed by atoms with E-state index < -0.39 is 10.8 Å². The van der Waals surface area contributed by atoms with Crippen LogP contribution in [0.1, 0.15) is 27.3 Å². The predicted octanol–water partition coefficient (Wildman–Crippen LogP) is 1.07. The van der Waals surface area contributed by atoms with Gasteiger partial charge in [0.1, 0.15) is 17.1 Å². The minimum absolute atomic E-state index is 0.0141. The van der Waals surface area contributed by atoms with Gasteiger partial charge < -0.3 is 4.74 Å². The molecule has 0 saturated heterocycles. The number of benzene rings is 1. The van der Waals surface area contributed by atoms with Gasteiger partial charge in [0.15, 0.2) is 0 Å². The molecule has 0 atom stereocenters. The van der Waals surface area contributed by atoms with Crippen LogP contribution in [0.3, 0.4) is 0 Å². The summed E-state index contributed by atoms with van der Waals surface area (Å²) in [7, 11) is 1.51. The van der Waals surface area contributed by atoms with Crippen molar-refractivity contribution in [2.24, 2.45) is 5.84 Å². The molecule has 1 heterocycles. The smallest absolute Gasteiger partial charge is 0.312 e. The summed E-state index contributed by atoms with van der Waals surface area (Å²) < 4.78 is 6.78. The fourth-order valence-electron chi connectivity index (χ4n) is 2.39. The third kappa shape index (κ3) is 3.14. The number of nitrogens with two attached hydrogens (primary N) is 1. The van der Waals surface area contributed by atoms with E-state index in [1.807, 2.05) is 0 Å². The van der Waals surface area contributed by atoms with Gasteiger partial charge in [-0.2, -0.15) is 5.10 Å². The number of nitro groups is 1. The van der Waals surface area contributed by atoms with Gasteiger partial charge in [-0.15, -0.1) is 0 Å². The van der Waals surface area contributed by atoms with E-state index in [2.05, 4.69) is 10.5 Å². The molecule has 9 heteroatoms. The highest BCUT2D eigenvalue weighted by Crippen LogP contribution is 2.25. The zero-order valence-electron chi connectivity index (χ0n) is 13.0. The zero-order chi connectivity index (χ0) is 17.1. The molecule has 1 aromatic carbocycles. The fourth-order valence-corrected chi connectivity index (χ4v) is 2.39. The molecular weight excluding hydrogens is 302 g/mol. The molecule has 0 aliphatic carbocycles. The van der Waals surface area contributed by atoms with Crippen LogP contribution >= 0.6 is 0 Å². The van der Waals surface area contributed by atoms with Crippen LogP contribution in [0, 0.1) is 24.0 Å².